The monoisotopic (exact) mass is 448 g/mol. The van der Waals surface area contributed by atoms with Crippen LogP contribution in [0, 0.1) is 5.82 Å². The van der Waals surface area contributed by atoms with E-state index in [1.165, 1.54) is 32.4 Å². The van der Waals surface area contributed by atoms with E-state index >= 15 is 0 Å². The Balaban J connectivity index is 2.13. The van der Waals surface area contributed by atoms with Crippen molar-refractivity contribution in [3.8, 4) is 5.75 Å². The second-order valence-corrected chi connectivity index (χ2v) is 8.61. The van der Waals surface area contributed by atoms with E-state index in [-0.39, 0.29) is 28.9 Å². The highest BCUT2D eigenvalue weighted by Crippen LogP contribution is 2.54. The number of quaternary nitrogens is 1. The van der Waals surface area contributed by atoms with Crippen LogP contribution in [-0.2, 0) is 15.1 Å². The molecule has 2 aromatic carbocycles. The molecule has 2 aromatic rings. The summed E-state index contributed by atoms with van der Waals surface area (Å²) in [6.45, 7) is 0.0944. The maximum absolute atomic E-state index is 14.6. The number of hydrogen-bond acceptors (Lipinski definition) is 4. The van der Waals surface area contributed by atoms with Crippen LogP contribution in [0.3, 0.4) is 0 Å². The fraction of sp³-hybridized carbons (Fsp3) is 0.364. The molecular weight excluding hydrogens is 425 g/mol. The van der Waals surface area contributed by atoms with Crippen LogP contribution in [0.25, 0.3) is 0 Å². The smallest absolute Gasteiger partial charge is 0.295 e. The van der Waals surface area contributed by atoms with Gasteiger partial charge in [0.05, 0.1) is 31.0 Å². The summed E-state index contributed by atoms with van der Waals surface area (Å²) in [6.07, 6.45) is -0.682. The summed E-state index contributed by atoms with van der Waals surface area (Å²) < 4.78 is 19.9. The molecule has 4 rings (SSSR count). The number of rotatable bonds is 4. The SMILES string of the molecule is CNC(=O)[C@@H]1C[C@@H](O)C[N+]1(C)C1(c2cc(F)ccc2OC)C(=O)Nc2ccc(Cl)cc21. The minimum absolute atomic E-state index is 0.0944. The topological polar surface area (TPSA) is 87.7 Å². The molecule has 0 aliphatic carbocycles. The van der Waals surface area contributed by atoms with Crippen molar-refractivity contribution >= 4 is 29.1 Å². The number of fused-ring (bicyclic) bond motifs is 1. The zero-order chi connectivity index (χ0) is 22.6. The summed E-state index contributed by atoms with van der Waals surface area (Å²) in [5, 5.41) is 16.5. The Bertz CT molecular complexity index is 1080. The van der Waals surface area contributed by atoms with Gasteiger partial charge < -0.3 is 20.5 Å². The Labute approximate surface area is 184 Å². The number of carbonyl (C=O) groups excluding carboxylic acids is 2. The van der Waals surface area contributed by atoms with Gasteiger partial charge in [-0.3, -0.25) is 14.1 Å². The second-order valence-electron chi connectivity index (χ2n) is 8.17. The van der Waals surface area contributed by atoms with Gasteiger partial charge in [0.15, 0.2) is 6.04 Å². The molecule has 2 aliphatic heterocycles. The number of benzene rings is 2. The van der Waals surface area contributed by atoms with Crippen molar-refractivity contribution in [3.63, 3.8) is 0 Å². The van der Waals surface area contributed by atoms with E-state index in [2.05, 4.69) is 10.6 Å². The van der Waals surface area contributed by atoms with Gasteiger partial charge in [0.2, 0.25) is 5.54 Å². The first-order valence-corrected chi connectivity index (χ1v) is 10.3. The van der Waals surface area contributed by atoms with Crippen molar-refractivity contribution in [1.29, 1.82) is 0 Å². The number of nitrogens with one attached hydrogen (secondary N) is 2. The minimum Gasteiger partial charge on any atom is -0.496 e. The molecule has 3 N–H and O–H groups in total. The van der Waals surface area contributed by atoms with E-state index in [1.807, 2.05) is 0 Å². The van der Waals surface area contributed by atoms with E-state index in [1.54, 1.807) is 25.2 Å². The number of aliphatic hydroxyl groups excluding tert-OH is 1. The first-order valence-electron chi connectivity index (χ1n) is 9.89. The maximum atomic E-state index is 14.6. The average Bonchev–Trinajstić information content (AvgIpc) is 3.20. The lowest BCUT2D eigenvalue weighted by atomic mass is 9.78. The molecule has 0 radical (unpaired) electrons. The van der Waals surface area contributed by atoms with E-state index in [9.17, 15) is 19.1 Å². The number of hydrogen-bond donors (Lipinski definition) is 3. The van der Waals surface area contributed by atoms with Gasteiger partial charge in [-0.25, -0.2) is 4.39 Å². The highest BCUT2D eigenvalue weighted by molar-refractivity contribution is 6.31. The number of amides is 2. The first kappa shape index (κ1) is 21.5. The normalized spacial score (nSPS) is 29.4. The number of nitrogens with zero attached hydrogens (tertiary/aromatic N) is 1. The first-order chi connectivity index (χ1) is 14.7. The molecule has 0 spiro atoms. The summed E-state index contributed by atoms with van der Waals surface area (Å²) in [4.78, 5) is 26.8. The lowest BCUT2D eigenvalue weighted by molar-refractivity contribution is -0.953. The molecule has 2 aliphatic rings. The van der Waals surface area contributed by atoms with Gasteiger partial charge in [0.1, 0.15) is 24.2 Å². The predicted molar refractivity (Wildman–Crippen MR) is 113 cm³/mol. The van der Waals surface area contributed by atoms with E-state index in [0.29, 0.717) is 22.0 Å². The number of likely N-dealkylation sites (N-methyl/N-ethyl adjacent to an activating group) is 2. The molecular formula is C22H24ClFN3O4+. The zero-order valence-corrected chi connectivity index (χ0v) is 18.2. The van der Waals surface area contributed by atoms with Crippen molar-refractivity contribution in [1.82, 2.24) is 5.32 Å². The Morgan fingerprint density at radius 3 is 2.74 bits per heavy atom. The molecule has 4 atom stereocenters. The molecule has 0 aromatic heterocycles. The minimum atomic E-state index is -1.58. The summed E-state index contributed by atoms with van der Waals surface area (Å²) >= 11 is 6.32. The van der Waals surface area contributed by atoms with Crippen molar-refractivity contribution in [2.45, 2.75) is 24.1 Å². The van der Waals surface area contributed by atoms with E-state index < -0.39 is 29.4 Å². The molecule has 31 heavy (non-hydrogen) atoms. The summed E-state index contributed by atoms with van der Waals surface area (Å²) in [5.74, 6) is -1.03. The van der Waals surface area contributed by atoms with Crippen LogP contribution in [0.1, 0.15) is 17.5 Å². The largest absolute Gasteiger partial charge is 0.496 e. The van der Waals surface area contributed by atoms with Gasteiger partial charge in [-0.1, -0.05) is 11.6 Å². The molecule has 0 bridgehead atoms. The summed E-state index contributed by atoms with van der Waals surface area (Å²) in [5.41, 5.74) is -0.307. The predicted octanol–water partition coefficient (Wildman–Crippen LogP) is 2.01. The van der Waals surface area contributed by atoms with Crippen molar-refractivity contribution in [2.75, 3.05) is 33.1 Å². The molecule has 0 saturated carbocycles. The number of carbonyl (C=O) groups is 2. The Morgan fingerprint density at radius 2 is 2.06 bits per heavy atom. The molecule has 164 valence electrons. The fourth-order valence-electron chi connectivity index (χ4n) is 5.31. The van der Waals surface area contributed by atoms with Gasteiger partial charge in [0, 0.05) is 18.5 Å². The Hall–Kier alpha value is -2.68. The molecule has 2 amide bonds. The molecule has 1 saturated heterocycles. The Kier molecular flexibility index (Phi) is 5.20. The zero-order valence-electron chi connectivity index (χ0n) is 17.4. The molecule has 7 nitrogen and oxygen atoms in total. The lowest BCUT2D eigenvalue weighted by Gasteiger charge is -2.48. The van der Waals surface area contributed by atoms with Crippen LogP contribution in [0.2, 0.25) is 5.02 Å². The van der Waals surface area contributed by atoms with Crippen molar-refractivity contribution < 1.29 is 28.3 Å². The number of likely N-dealkylation sites (tertiary alicyclic amines) is 1. The van der Waals surface area contributed by atoms with Crippen LogP contribution in [0.5, 0.6) is 5.75 Å². The van der Waals surface area contributed by atoms with Crippen LogP contribution in [0.15, 0.2) is 36.4 Å². The van der Waals surface area contributed by atoms with Gasteiger partial charge in [-0.15, -0.1) is 0 Å². The van der Waals surface area contributed by atoms with Crippen LogP contribution in [0.4, 0.5) is 10.1 Å². The van der Waals surface area contributed by atoms with Gasteiger partial charge in [0.25, 0.3) is 11.8 Å². The maximum Gasteiger partial charge on any atom is 0.295 e. The van der Waals surface area contributed by atoms with E-state index in [0.717, 1.165) is 0 Å². The van der Waals surface area contributed by atoms with Gasteiger partial charge >= 0.3 is 0 Å². The third kappa shape index (κ3) is 2.93. The summed E-state index contributed by atoms with van der Waals surface area (Å²) in [7, 11) is 4.67. The summed E-state index contributed by atoms with van der Waals surface area (Å²) in [6, 6.07) is 8.15. The van der Waals surface area contributed by atoms with Crippen LogP contribution < -0.4 is 15.4 Å². The second kappa shape index (κ2) is 7.47. The van der Waals surface area contributed by atoms with Crippen LogP contribution >= 0.6 is 11.6 Å². The number of anilines is 1. The van der Waals surface area contributed by atoms with Crippen molar-refractivity contribution in [3.05, 3.63) is 58.4 Å². The molecule has 2 unspecified atom stereocenters. The van der Waals surface area contributed by atoms with Crippen LogP contribution in [-0.4, -0.2) is 61.3 Å². The number of aliphatic hydroxyl groups is 1. The fourth-order valence-corrected chi connectivity index (χ4v) is 5.48. The molecule has 9 heteroatoms. The average molecular weight is 449 g/mol. The third-order valence-electron chi connectivity index (χ3n) is 6.59. The van der Waals surface area contributed by atoms with E-state index in [4.69, 9.17) is 16.3 Å². The standard InChI is InChI=1S/C22H23ClFN3O4/c1-25-20(29)18-10-14(28)11-27(18,2)22(16-9-13(24)5-7-19(16)31-3)15-8-12(23)4-6-17(15)26-21(22)30/h4-9,14,18,28H,10-11H2,1-3H3,(H-,25,26,29,30)/p+1/t14-,18+,22?,27?/m1/s1. The quantitative estimate of drug-likeness (QED) is 0.624. The highest BCUT2D eigenvalue weighted by atomic mass is 35.5. The third-order valence-corrected chi connectivity index (χ3v) is 6.82. The van der Waals surface area contributed by atoms with Gasteiger partial charge in [-0.05, 0) is 36.4 Å². The molecule has 2 heterocycles. The van der Waals surface area contributed by atoms with Crippen molar-refractivity contribution in [2.24, 2.45) is 0 Å². The lowest BCUT2D eigenvalue weighted by Crippen LogP contribution is -2.68. The van der Waals surface area contributed by atoms with Gasteiger partial charge in [-0.2, -0.15) is 0 Å². The number of halogens is 2. The highest BCUT2D eigenvalue weighted by Gasteiger charge is 2.68. The number of ether oxygens (including phenoxy) is 1. The number of methoxy groups -OCH3 is 1. The molecule has 1 fully saturated rings. The Morgan fingerprint density at radius 1 is 1.32 bits per heavy atom.